The Morgan fingerprint density at radius 2 is 1.27 bits per heavy atom. The van der Waals surface area contributed by atoms with E-state index < -0.39 is 122 Å². The molecule has 23 nitrogen and oxygen atoms in total. The molecule has 0 aliphatic carbocycles. The predicted octanol–water partition coefficient (Wildman–Crippen LogP) is -9.94. The van der Waals surface area contributed by atoms with Crippen LogP contribution in [0.1, 0.15) is 6.92 Å². The molecule has 298 valence electrons. The molecule has 0 aliphatic heterocycles. The first-order chi connectivity index (χ1) is 25.4. The number of rotatable bonds is 16. The summed E-state index contributed by atoms with van der Waals surface area (Å²) in [4.78, 5) is -3.52. The summed E-state index contributed by atoms with van der Waals surface area (Å²) in [6.07, 6.45) is 0. The maximum absolute atomic E-state index is 12.4. The van der Waals surface area contributed by atoms with E-state index in [2.05, 4.69) is 34.0 Å². The van der Waals surface area contributed by atoms with Crippen molar-refractivity contribution in [1.29, 1.82) is 0 Å². The van der Waals surface area contributed by atoms with Gasteiger partial charge in [0.1, 0.15) is 37.3 Å². The van der Waals surface area contributed by atoms with Gasteiger partial charge < -0.3 is 29.8 Å². The van der Waals surface area contributed by atoms with E-state index in [9.17, 15) is 66.1 Å². The van der Waals surface area contributed by atoms with Crippen molar-refractivity contribution in [3.8, 4) is 5.75 Å². The minimum atomic E-state index is -5.44. The van der Waals surface area contributed by atoms with Crippen LogP contribution in [-0.4, -0.2) is 79.0 Å². The summed E-state index contributed by atoms with van der Waals surface area (Å²) in [6.45, 7) is 0.295. The van der Waals surface area contributed by atoms with Crippen LogP contribution in [0, 0.1) is 0 Å². The number of aromatic hydroxyl groups is 1. The van der Waals surface area contributed by atoms with Gasteiger partial charge in [-0.2, -0.15) is 9.45 Å². The maximum atomic E-state index is 12.4. The van der Waals surface area contributed by atoms with E-state index in [1.54, 1.807) is 0 Å². The summed E-state index contributed by atoms with van der Waals surface area (Å²) < 4.78 is 162. The van der Waals surface area contributed by atoms with Gasteiger partial charge in [-0.05, 0) is 60.0 Å². The van der Waals surface area contributed by atoms with Crippen molar-refractivity contribution >= 4 is 102 Å². The fourth-order valence-electron chi connectivity index (χ4n) is 4.45. The number of phenolic OH excluding ortho intramolecular Hbond substituents is 1. The van der Waals surface area contributed by atoms with Gasteiger partial charge in [0.25, 0.3) is 0 Å². The van der Waals surface area contributed by atoms with E-state index in [0.29, 0.717) is 12.1 Å². The van der Waals surface area contributed by atoms with E-state index >= 15 is 0 Å². The van der Waals surface area contributed by atoms with Crippen molar-refractivity contribution in [2.45, 2.75) is 31.4 Å². The molecule has 0 aliphatic rings. The molecule has 0 radical (unpaired) electrons. The number of anilines is 1. The molecule has 0 heterocycles. The Balaban J connectivity index is 0.00000841. The number of nitrogens with zero attached hydrogens (tertiary/aromatic N) is 4. The number of benzene rings is 4. The molecule has 0 saturated heterocycles. The molecule has 0 unspecified atom stereocenters. The van der Waals surface area contributed by atoms with E-state index in [1.165, 1.54) is 6.92 Å². The minimum Gasteiger partial charge on any atom is -0.744 e. The zero-order chi connectivity index (χ0) is 41.1. The molecule has 0 aromatic heterocycles. The number of hydrogen-bond acceptors (Lipinski definition) is 24. The largest absolute Gasteiger partial charge is 1.00 e. The van der Waals surface area contributed by atoms with Crippen molar-refractivity contribution in [3.63, 3.8) is 0 Å². The molecular weight excluding hydrogens is 955 g/mol. The van der Waals surface area contributed by atoms with E-state index in [4.69, 9.17) is 5.73 Å². The second-order valence-corrected chi connectivity index (χ2v) is 19.3. The summed E-state index contributed by atoms with van der Waals surface area (Å²) >= 11 is 0.0602. The Hall–Kier alpha value is -0.240. The quantitative estimate of drug-likeness (QED) is 0.0154. The SMILES string of the molecule is CCS(=O)(=O)c1ccc(N=Nc2c(SOO[O-])cc3cc(S(=O)(=O)[O-])c(N=Nc4ccc(S(=O)(=O)CCOS(=O)(=O)[O-])cc4)c(N)c3c2O)c(S(=O)(=O)[O-])c1.[Na+].[Na+].[Na+].[Na+]. The van der Waals surface area contributed by atoms with Crippen LogP contribution in [0.5, 0.6) is 5.75 Å². The van der Waals surface area contributed by atoms with Gasteiger partial charge >= 0.3 is 118 Å². The van der Waals surface area contributed by atoms with Crippen LogP contribution in [0.15, 0.2) is 99.5 Å². The van der Waals surface area contributed by atoms with Crippen molar-refractivity contribution in [2.75, 3.05) is 23.8 Å². The zero-order valence-corrected chi connectivity index (χ0v) is 43.9. The van der Waals surface area contributed by atoms with Gasteiger partial charge in [0, 0.05) is 0 Å². The predicted molar refractivity (Wildman–Crippen MR) is 181 cm³/mol. The van der Waals surface area contributed by atoms with Gasteiger partial charge in [0.05, 0.1) is 71.4 Å². The zero-order valence-electron chi connectivity index (χ0n) is 31.0. The number of azo groups is 2. The molecule has 0 amide bonds. The summed E-state index contributed by atoms with van der Waals surface area (Å²) in [5, 5.41) is 39.3. The van der Waals surface area contributed by atoms with Crippen LogP contribution in [0.2, 0.25) is 0 Å². The van der Waals surface area contributed by atoms with E-state index in [0.717, 1.165) is 42.5 Å². The van der Waals surface area contributed by atoms with E-state index in [1.807, 2.05) is 0 Å². The number of phenols is 1. The average Bonchev–Trinajstić information content (AvgIpc) is 3.08. The Morgan fingerprint density at radius 1 is 0.712 bits per heavy atom. The molecule has 4 aromatic carbocycles. The Labute approximate surface area is 429 Å². The van der Waals surface area contributed by atoms with Crippen LogP contribution < -0.4 is 129 Å². The number of nitrogens with two attached hydrogens (primary N) is 1. The van der Waals surface area contributed by atoms with Gasteiger partial charge in [-0.25, -0.2) is 42.1 Å². The molecule has 0 bridgehead atoms. The third kappa shape index (κ3) is 15.5. The van der Waals surface area contributed by atoms with E-state index in [-0.39, 0.29) is 146 Å². The van der Waals surface area contributed by atoms with Gasteiger partial charge in [0.2, 0.25) is 10.4 Å². The Morgan fingerprint density at radius 3 is 1.80 bits per heavy atom. The van der Waals surface area contributed by atoms with Crippen LogP contribution in [0.3, 0.4) is 0 Å². The van der Waals surface area contributed by atoms with Crippen molar-refractivity contribution < 1.29 is 198 Å². The molecule has 0 atom stereocenters. The summed E-state index contributed by atoms with van der Waals surface area (Å²) in [5.41, 5.74) is 3.05. The maximum Gasteiger partial charge on any atom is 1.00 e. The van der Waals surface area contributed by atoms with Crippen LogP contribution in [-0.2, 0) is 63.9 Å². The number of fused-ring (bicyclic) bond motifs is 1. The molecule has 0 spiro atoms. The van der Waals surface area contributed by atoms with Gasteiger partial charge in [0.15, 0.2) is 25.4 Å². The molecule has 4 aromatic rings. The topological polar surface area (TPSA) is 386 Å². The van der Waals surface area contributed by atoms with Gasteiger partial charge in [-0.1, -0.05) is 6.92 Å². The van der Waals surface area contributed by atoms with Crippen LogP contribution in [0.25, 0.3) is 10.8 Å². The third-order valence-corrected chi connectivity index (χ3v) is 13.2. The van der Waals surface area contributed by atoms with Crippen molar-refractivity contribution in [2.24, 2.45) is 20.5 Å². The second kappa shape index (κ2) is 23.6. The smallest absolute Gasteiger partial charge is 0.744 e. The van der Waals surface area contributed by atoms with Crippen LogP contribution in [0.4, 0.5) is 28.4 Å². The molecule has 4 rings (SSSR count). The molecule has 33 heteroatoms. The number of sulfone groups is 2. The van der Waals surface area contributed by atoms with Crippen molar-refractivity contribution in [1.82, 2.24) is 0 Å². The molecule has 0 fully saturated rings. The Bertz CT molecular complexity index is 2800. The second-order valence-electron chi connectivity index (χ2n) is 10.4. The summed E-state index contributed by atoms with van der Waals surface area (Å²) in [6, 6.07) is 8.06. The summed E-state index contributed by atoms with van der Waals surface area (Å²) in [5.74, 6) is -2.33. The molecule has 3 N–H and O–H groups in total. The average molecular weight is 976 g/mol. The molecular formula is C26H21N5Na4O18S6. The fourth-order valence-corrected chi connectivity index (χ4v) is 8.70. The summed E-state index contributed by atoms with van der Waals surface area (Å²) in [7, 11) is -24.2. The minimum absolute atomic E-state index is 0. The Kier molecular flexibility index (Phi) is 23.5. The first kappa shape index (κ1) is 58.8. The third-order valence-electron chi connectivity index (χ3n) is 6.97. The monoisotopic (exact) mass is 975 g/mol. The standard InChI is InChI=1S/C26H25N5O18S6.4Na/c1-2-51(34,35)17-7-8-18(20(13-17)53(38,39)40)29-30-24-19(50-49-48-33)11-14-12-21(54(41,42)43)25(23(27)22(14)26(24)32)31-28-15-3-5-16(6-4-15)52(36,37)10-9-47-55(44,45)46;;;;/h3-8,11-13,32-33H,2,9-10,27H2,1H3,(H,38,39,40)(H,41,42,43)(H,44,45,46);;;;/q;4*+1/p-4. The number of hydrogen-bond donors (Lipinski definition) is 2. The number of nitrogen functional groups attached to an aromatic ring is 1. The van der Waals surface area contributed by atoms with Gasteiger partial charge in [-0.15, -0.1) is 15.3 Å². The van der Waals surface area contributed by atoms with Crippen LogP contribution >= 0.6 is 12.0 Å². The molecule has 0 saturated carbocycles. The first-order valence-corrected chi connectivity index (χ1v) is 22.4. The van der Waals surface area contributed by atoms with Crippen molar-refractivity contribution in [3.05, 3.63) is 54.6 Å². The first-order valence-electron chi connectivity index (χ1n) is 14.2. The van der Waals surface area contributed by atoms with Gasteiger partial charge in [-0.3, -0.25) is 9.22 Å². The fraction of sp³-hybridized carbons (Fsp3) is 0.154. The normalized spacial score (nSPS) is 12.4. The molecule has 59 heavy (non-hydrogen) atoms.